The van der Waals surface area contributed by atoms with Crippen LogP contribution in [0.25, 0.3) is 0 Å². The van der Waals surface area contributed by atoms with E-state index in [4.69, 9.17) is 11.6 Å². The van der Waals surface area contributed by atoms with Crippen molar-refractivity contribution in [3.05, 3.63) is 83.1 Å². The number of benzene rings is 2. The van der Waals surface area contributed by atoms with Crippen molar-refractivity contribution in [1.29, 1.82) is 0 Å². The Kier molecular flexibility index (Phi) is 5.90. The number of halogens is 1. The van der Waals surface area contributed by atoms with Gasteiger partial charge in [-0.1, -0.05) is 48.0 Å². The van der Waals surface area contributed by atoms with Crippen molar-refractivity contribution in [2.75, 3.05) is 26.2 Å². The minimum absolute atomic E-state index is 0.155. The third kappa shape index (κ3) is 4.26. The van der Waals surface area contributed by atoms with E-state index in [1.165, 1.54) is 10.5 Å². The SMILES string of the molecule is O=C(c1cnn(Cc2ccccc2Cl)c1)N1CCN(S(=O)(=O)c2ccccc2)CC1. The average Bonchev–Trinajstić information content (AvgIpc) is 3.24. The van der Waals surface area contributed by atoms with E-state index in [1.54, 1.807) is 46.1 Å². The number of aromatic nitrogens is 2. The lowest BCUT2D eigenvalue weighted by atomic mass is 10.2. The smallest absolute Gasteiger partial charge is 0.257 e. The van der Waals surface area contributed by atoms with Crippen LogP contribution in [0.5, 0.6) is 0 Å². The van der Waals surface area contributed by atoms with Crippen LogP contribution < -0.4 is 0 Å². The summed E-state index contributed by atoms with van der Waals surface area (Å²) < 4.78 is 28.6. The molecule has 2 aromatic carbocycles. The van der Waals surface area contributed by atoms with Crippen molar-refractivity contribution in [3.63, 3.8) is 0 Å². The van der Waals surface area contributed by atoms with Crippen molar-refractivity contribution in [1.82, 2.24) is 19.0 Å². The number of amides is 1. The van der Waals surface area contributed by atoms with Gasteiger partial charge in [-0.3, -0.25) is 9.48 Å². The largest absolute Gasteiger partial charge is 0.336 e. The molecule has 1 fully saturated rings. The predicted octanol–water partition coefficient (Wildman–Crippen LogP) is 2.73. The topological polar surface area (TPSA) is 75.5 Å². The van der Waals surface area contributed by atoms with E-state index in [0.717, 1.165) is 5.56 Å². The first-order valence-corrected chi connectivity index (χ1v) is 11.4. The number of piperazine rings is 1. The highest BCUT2D eigenvalue weighted by Gasteiger charge is 2.30. The molecule has 1 aliphatic rings. The molecule has 0 N–H and O–H groups in total. The molecule has 30 heavy (non-hydrogen) atoms. The van der Waals surface area contributed by atoms with Gasteiger partial charge in [0, 0.05) is 37.4 Å². The van der Waals surface area contributed by atoms with Crippen LogP contribution in [0.15, 0.2) is 71.9 Å². The van der Waals surface area contributed by atoms with Gasteiger partial charge in [0.05, 0.1) is 23.2 Å². The normalized spacial score (nSPS) is 15.3. The van der Waals surface area contributed by atoms with Crippen molar-refractivity contribution < 1.29 is 13.2 Å². The first-order chi connectivity index (χ1) is 14.4. The van der Waals surface area contributed by atoms with Crippen molar-refractivity contribution >= 4 is 27.5 Å². The fraction of sp³-hybridized carbons (Fsp3) is 0.238. The molecule has 1 amide bonds. The summed E-state index contributed by atoms with van der Waals surface area (Å²) in [6, 6.07) is 15.8. The Balaban J connectivity index is 1.39. The Morgan fingerprint density at radius 2 is 1.63 bits per heavy atom. The molecule has 156 valence electrons. The summed E-state index contributed by atoms with van der Waals surface area (Å²) in [6.07, 6.45) is 3.23. The van der Waals surface area contributed by atoms with Gasteiger partial charge in [-0.2, -0.15) is 9.40 Å². The van der Waals surface area contributed by atoms with E-state index in [-0.39, 0.29) is 23.9 Å². The Bertz CT molecular complexity index is 1140. The zero-order valence-electron chi connectivity index (χ0n) is 16.2. The van der Waals surface area contributed by atoms with Crippen LogP contribution >= 0.6 is 11.6 Å². The summed E-state index contributed by atoms with van der Waals surface area (Å²) in [5, 5.41) is 4.92. The highest BCUT2D eigenvalue weighted by molar-refractivity contribution is 7.89. The van der Waals surface area contributed by atoms with Crippen LogP contribution in [0, 0.1) is 0 Å². The highest BCUT2D eigenvalue weighted by atomic mass is 35.5. The molecule has 7 nitrogen and oxygen atoms in total. The first kappa shape index (κ1) is 20.6. The van der Waals surface area contributed by atoms with Crippen LogP contribution in [0.2, 0.25) is 5.02 Å². The van der Waals surface area contributed by atoms with E-state index in [2.05, 4.69) is 5.10 Å². The van der Waals surface area contributed by atoms with Crippen LogP contribution in [-0.4, -0.2) is 59.5 Å². The van der Waals surface area contributed by atoms with Gasteiger partial charge >= 0.3 is 0 Å². The number of hydrogen-bond donors (Lipinski definition) is 0. The molecule has 0 spiro atoms. The maximum Gasteiger partial charge on any atom is 0.257 e. The van der Waals surface area contributed by atoms with Gasteiger partial charge in [-0.25, -0.2) is 8.42 Å². The van der Waals surface area contributed by atoms with Gasteiger partial charge in [-0.05, 0) is 23.8 Å². The molecule has 0 unspecified atom stereocenters. The Hall–Kier alpha value is -2.68. The number of hydrogen-bond acceptors (Lipinski definition) is 4. The van der Waals surface area contributed by atoms with Gasteiger partial charge < -0.3 is 4.90 Å². The summed E-state index contributed by atoms with van der Waals surface area (Å²) in [5.74, 6) is -0.155. The van der Waals surface area contributed by atoms with E-state index in [9.17, 15) is 13.2 Å². The average molecular weight is 445 g/mol. The van der Waals surface area contributed by atoms with Gasteiger partial charge in [-0.15, -0.1) is 0 Å². The Morgan fingerprint density at radius 1 is 0.967 bits per heavy atom. The molecule has 0 bridgehead atoms. The second-order valence-corrected chi connectivity index (χ2v) is 9.37. The summed E-state index contributed by atoms with van der Waals surface area (Å²) in [6.45, 7) is 1.66. The first-order valence-electron chi connectivity index (χ1n) is 9.55. The molecule has 0 aliphatic carbocycles. The van der Waals surface area contributed by atoms with E-state index in [0.29, 0.717) is 30.2 Å². The zero-order chi connectivity index (χ0) is 21.1. The van der Waals surface area contributed by atoms with Gasteiger partial charge in [0.2, 0.25) is 10.0 Å². The summed E-state index contributed by atoms with van der Waals surface area (Å²) >= 11 is 6.19. The second-order valence-electron chi connectivity index (χ2n) is 7.03. The number of carbonyl (C=O) groups excluding carboxylic acids is 1. The van der Waals surface area contributed by atoms with Gasteiger partial charge in [0.1, 0.15) is 0 Å². The molecule has 1 aromatic heterocycles. The number of carbonyl (C=O) groups is 1. The number of nitrogens with zero attached hydrogens (tertiary/aromatic N) is 4. The third-order valence-electron chi connectivity index (χ3n) is 5.08. The van der Waals surface area contributed by atoms with Crippen LogP contribution in [0.1, 0.15) is 15.9 Å². The van der Waals surface area contributed by atoms with Crippen LogP contribution in [-0.2, 0) is 16.6 Å². The monoisotopic (exact) mass is 444 g/mol. The molecular weight excluding hydrogens is 424 g/mol. The molecule has 1 saturated heterocycles. The van der Waals surface area contributed by atoms with E-state index >= 15 is 0 Å². The van der Waals surface area contributed by atoms with Gasteiger partial charge in [0.25, 0.3) is 5.91 Å². The van der Waals surface area contributed by atoms with Crippen LogP contribution in [0.3, 0.4) is 0 Å². The lowest BCUT2D eigenvalue weighted by Crippen LogP contribution is -2.50. The summed E-state index contributed by atoms with van der Waals surface area (Å²) in [4.78, 5) is 14.8. The van der Waals surface area contributed by atoms with Crippen molar-refractivity contribution in [2.24, 2.45) is 0 Å². The quantitative estimate of drug-likeness (QED) is 0.606. The van der Waals surface area contributed by atoms with E-state index in [1.807, 2.05) is 24.3 Å². The Morgan fingerprint density at radius 3 is 2.33 bits per heavy atom. The molecule has 4 rings (SSSR count). The zero-order valence-corrected chi connectivity index (χ0v) is 17.8. The fourth-order valence-electron chi connectivity index (χ4n) is 3.42. The minimum Gasteiger partial charge on any atom is -0.336 e. The summed E-state index contributed by atoms with van der Waals surface area (Å²) in [5.41, 5.74) is 1.39. The maximum atomic E-state index is 12.8. The standard InChI is InChI=1S/C21H21ClN4O3S/c22-20-9-5-4-6-17(20)15-25-16-18(14-23-25)21(27)24-10-12-26(13-11-24)30(28,29)19-7-2-1-3-8-19/h1-9,14,16H,10-13,15H2. The molecule has 2 heterocycles. The lowest BCUT2D eigenvalue weighted by Gasteiger charge is -2.33. The predicted molar refractivity (Wildman–Crippen MR) is 114 cm³/mol. The lowest BCUT2D eigenvalue weighted by molar-refractivity contribution is 0.0698. The highest BCUT2D eigenvalue weighted by Crippen LogP contribution is 2.19. The van der Waals surface area contributed by atoms with Crippen LogP contribution in [0.4, 0.5) is 0 Å². The molecule has 0 atom stereocenters. The fourth-order valence-corrected chi connectivity index (χ4v) is 5.06. The second kappa shape index (κ2) is 8.59. The maximum absolute atomic E-state index is 12.8. The molecule has 0 saturated carbocycles. The number of sulfonamides is 1. The molecule has 1 aliphatic heterocycles. The van der Waals surface area contributed by atoms with Gasteiger partial charge in [0.15, 0.2) is 0 Å². The molecule has 3 aromatic rings. The third-order valence-corrected chi connectivity index (χ3v) is 7.36. The van der Waals surface area contributed by atoms with E-state index < -0.39 is 10.0 Å². The van der Waals surface area contributed by atoms with Crippen molar-refractivity contribution in [3.8, 4) is 0 Å². The molecule has 0 radical (unpaired) electrons. The minimum atomic E-state index is -3.54. The molecule has 9 heteroatoms. The summed E-state index contributed by atoms with van der Waals surface area (Å²) in [7, 11) is -3.54. The number of rotatable bonds is 5. The van der Waals surface area contributed by atoms with Crippen molar-refractivity contribution in [2.45, 2.75) is 11.4 Å². The Labute approximate surface area is 180 Å². The molecular formula is C21H21ClN4O3S.